The third-order valence-corrected chi connectivity index (χ3v) is 3.18. The predicted octanol–water partition coefficient (Wildman–Crippen LogP) is 3.57. The molecular weight excluding hydrogens is 320 g/mol. The van der Waals surface area contributed by atoms with Crippen molar-refractivity contribution in [3.8, 4) is 11.5 Å². The molecule has 0 aliphatic rings. The minimum atomic E-state index is -0.144. The molecule has 0 heterocycles. The second kappa shape index (κ2) is 6.43. The van der Waals surface area contributed by atoms with Gasteiger partial charge in [0.05, 0.1) is 5.69 Å². The third kappa shape index (κ3) is 3.51. The number of ether oxygens (including phenoxy) is 1. The fraction of sp³-hybridized carbons (Fsp3) is 0.133. The summed E-state index contributed by atoms with van der Waals surface area (Å²) in [5.74, 6) is 1.07. The zero-order chi connectivity index (χ0) is 14.5. The first kappa shape index (κ1) is 14.4. The van der Waals surface area contributed by atoms with E-state index in [1.54, 1.807) is 18.2 Å². The van der Waals surface area contributed by atoms with Gasteiger partial charge in [-0.1, -0.05) is 15.9 Å². The molecule has 1 amide bonds. The van der Waals surface area contributed by atoms with Crippen molar-refractivity contribution >= 4 is 27.5 Å². The molecule has 0 aliphatic heterocycles. The van der Waals surface area contributed by atoms with Crippen molar-refractivity contribution in [2.45, 2.75) is 6.92 Å². The highest BCUT2D eigenvalue weighted by atomic mass is 79.9. The van der Waals surface area contributed by atoms with E-state index >= 15 is 0 Å². The Labute approximate surface area is 126 Å². The Hall–Kier alpha value is -2.01. The van der Waals surface area contributed by atoms with Crippen LogP contribution in [-0.4, -0.2) is 12.5 Å². The van der Waals surface area contributed by atoms with Crippen LogP contribution in [0.3, 0.4) is 0 Å². The van der Waals surface area contributed by atoms with E-state index in [2.05, 4.69) is 21.2 Å². The van der Waals surface area contributed by atoms with Crippen LogP contribution in [0.1, 0.15) is 17.3 Å². The largest absolute Gasteiger partial charge is 0.455 e. The smallest absolute Gasteiger partial charge is 0.251 e. The van der Waals surface area contributed by atoms with Gasteiger partial charge in [-0.25, -0.2) is 0 Å². The number of nitrogens with one attached hydrogen (secondary N) is 1. The molecule has 0 radical (unpaired) electrons. The molecule has 0 bridgehead atoms. The number of halogens is 1. The first-order valence-electron chi connectivity index (χ1n) is 6.21. The van der Waals surface area contributed by atoms with Gasteiger partial charge in [0.2, 0.25) is 0 Å². The van der Waals surface area contributed by atoms with Crippen LogP contribution in [0, 0.1) is 0 Å². The number of anilines is 1. The summed E-state index contributed by atoms with van der Waals surface area (Å²) in [7, 11) is 0. The summed E-state index contributed by atoms with van der Waals surface area (Å²) in [6, 6.07) is 12.4. The maximum atomic E-state index is 11.7. The van der Waals surface area contributed by atoms with Gasteiger partial charge in [-0.15, -0.1) is 0 Å². The molecule has 0 spiro atoms. The molecule has 0 fully saturated rings. The number of nitrogens with two attached hydrogens (primary N) is 1. The monoisotopic (exact) mass is 334 g/mol. The highest BCUT2D eigenvalue weighted by molar-refractivity contribution is 9.10. The van der Waals surface area contributed by atoms with Gasteiger partial charge in [0, 0.05) is 16.6 Å². The first-order valence-corrected chi connectivity index (χ1v) is 7.00. The maximum absolute atomic E-state index is 11.7. The quantitative estimate of drug-likeness (QED) is 0.840. The third-order valence-electron chi connectivity index (χ3n) is 2.65. The van der Waals surface area contributed by atoms with Crippen molar-refractivity contribution < 1.29 is 9.53 Å². The highest BCUT2D eigenvalue weighted by Crippen LogP contribution is 2.29. The van der Waals surface area contributed by atoms with E-state index in [0.717, 1.165) is 4.47 Å². The lowest BCUT2D eigenvalue weighted by Gasteiger charge is -2.10. The minimum Gasteiger partial charge on any atom is -0.455 e. The van der Waals surface area contributed by atoms with Gasteiger partial charge in [-0.3, -0.25) is 4.79 Å². The van der Waals surface area contributed by atoms with Crippen LogP contribution in [0.2, 0.25) is 0 Å². The Morgan fingerprint density at radius 3 is 2.55 bits per heavy atom. The number of amides is 1. The van der Waals surface area contributed by atoms with Crippen molar-refractivity contribution in [3.05, 3.63) is 52.5 Å². The summed E-state index contributed by atoms with van der Waals surface area (Å²) in [4.78, 5) is 11.7. The number of rotatable bonds is 4. The number of nitrogen functional groups attached to an aromatic ring is 1. The molecule has 3 N–H and O–H groups in total. The molecule has 2 aromatic rings. The Kier molecular flexibility index (Phi) is 4.63. The zero-order valence-electron chi connectivity index (χ0n) is 11.0. The van der Waals surface area contributed by atoms with Crippen LogP contribution in [0.4, 0.5) is 5.69 Å². The molecule has 4 nitrogen and oxygen atoms in total. The van der Waals surface area contributed by atoms with Gasteiger partial charge in [-0.2, -0.15) is 0 Å². The second-order valence-corrected chi connectivity index (χ2v) is 5.08. The Balaban J connectivity index is 2.17. The van der Waals surface area contributed by atoms with Crippen LogP contribution in [0.15, 0.2) is 46.9 Å². The van der Waals surface area contributed by atoms with E-state index in [9.17, 15) is 4.79 Å². The number of carbonyl (C=O) groups excluding carboxylic acids is 1. The molecule has 0 aliphatic carbocycles. The molecule has 0 unspecified atom stereocenters. The van der Waals surface area contributed by atoms with E-state index in [0.29, 0.717) is 29.3 Å². The first-order chi connectivity index (χ1) is 9.60. The maximum Gasteiger partial charge on any atom is 0.251 e. The highest BCUT2D eigenvalue weighted by Gasteiger charge is 2.08. The Bertz CT molecular complexity index is 612. The van der Waals surface area contributed by atoms with E-state index in [4.69, 9.17) is 10.5 Å². The van der Waals surface area contributed by atoms with E-state index in [-0.39, 0.29) is 5.91 Å². The Morgan fingerprint density at radius 1 is 1.25 bits per heavy atom. The van der Waals surface area contributed by atoms with Gasteiger partial charge in [0.25, 0.3) is 5.91 Å². The van der Waals surface area contributed by atoms with Gasteiger partial charge < -0.3 is 15.8 Å². The van der Waals surface area contributed by atoms with Crippen LogP contribution in [0.25, 0.3) is 0 Å². The molecule has 0 atom stereocenters. The molecule has 5 heteroatoms. The van der Waals surface area contributed by atoms with Crippen molar-refractivity contribution in [1.82, 2.24) is 5.32 Å². The number of carbonyl (C=O) groups is 1. The van der Waals surface area contributed by atoms with E-state index < -0.39 is 0 Å². The summed E-state index contributed by atoms with van der Waals surface area (Å²) >= 11 is 3.36. The normalized spacial score (nSPS) is 10.1. The summed E-state index contributed by atoms with van der Waals surface area (Å²) in [5.41, 5.74) is 6.87. The molecule has 0 aromatic heterocycles. The van der Waals surface area contributed by atoms with Crippen LogP contribution in [-0.2, 0) is 0 Å². The fourth-order valence-corrected chi connectivity index (χ4v) is 1.94. The van der Waals surface area contributed by atoms with Gasteiger partial charge >= 0.3 is 0 Å². The lowest BCUT2D eigenvalue weighted by Crippen LogP contribution is -2.22. The topological polar surface area (TPSA) is 64.3 Å². The van der Waals surface area contributed by atoms with Gasteiger partial charge in [0.15, 0.2) is 0 Å². The summed E-state index contributed by atoms with van der Waals surface area (Å²) in [5, 5.41) is 2.72. The van der Waals surface area contributed by atoms with Crippen LogP contribution >= 0.6 is 15.9 Å². The number of hydrogen-bond acceptors (Lipinski definition) is 3. The minimum absolute atomic E-state index is 0.144. The second-order valence-electron chi connectivity index (χ2n) is 4.17. The molecule has 2 aromatic carbocycles. The van der Waals surface area contributed by atoms with Crippen molar-refractivity contribution in [1.29, 1.82) is 0 Å². The molecule has 104 valence electrons. The molecular formula is C15H15BrN2O2. The average Bonchev–Trinajstić information content (AvgIpc) is 2.43. The standard InChI is InChI=1S/C15H15BrN2O2/c1-2-18-15(19)10-3-8-14(13(17)9-10)20-12-6-4-11(16)5-7-12/h3-9H,2,17H2,1H3,(H,18,19). The van der Waals surface area contributed by atoms with Gasteiger partial charge in [0.1, 0.15) is 11.5 Å². The molecule has 0 saturated heterocycles. The number of benzene rings is 2. The van der Waals surface area contributed by atoms with Crippen molar-refractivity contribution in [2.24, 2.45) is 0 Å². The number of hydrogen-bond donors (Lipinski definition) is 2. The van der Waals surface area contributed by atoms with Crippen molar-refractivity contribution in [2.75, 3.05) is 12.3 Å². The SMILES string of the molecule is CCNC(=O)c1ccc(Oc2ccc(Br)cc2)c(N)c1. The van der Waals surface area contributed by atoms with Gasteiger partial charge in [-0.05, 0) is 49.4 Å². The lowest BCUT2D eigenvalue weighted by atomic mass is 10.1. The summed E-state index contributed by atoms with van der Waals surface area (Å²) in [6.45, 7) is 2.45. The summed E-state index contributed by atoms with van der Waals surface area (Å²) < 4.78 is 6.66. The van der Waals surface area contributed by atoms with Crippen LogP contribution < -0.4 is 15.8 Å². The molecule has 2 rings (SSSR count). The van der Waals surface area contributed by atoms with E-state index in [1.807, 2.05) is 31.2 Å². The van der Waals surface area contributed by atoms with E-state index in [1.165, 1.54) is 0 Å². The fourth-order valence-electron chi connectivity index (χ4n) is 1.67. The summed E-state index contributed by atoms with van der Waals surface area (Å²) in [6.07, 6.45) is 0. The lowest BCUT2D eigenvalue weighted by molar-refractivity contribution is 0.0956. The Morgan fingerprint density at radius 2 is 1.95 bits per heavy atom. The average molecular weight is 335 g/mol. The predicted molar refractivity (Wildman–Crippen MR) is 83.1 cm³/mol. The molecule has 20 heavy (non-hydrogen) atoms. The molecule has 0 saturated carbocycles. The van der Waals surface area contributed by atoms with Crippen LogP contribution in [0.5, 0.6) is 11.5 Å². The van der Waals surface area contributed by atoms with Crippen molar-refractivity contribution in [3.63, 3.8) is 0 Å². The zero-order valence-corrected chi connectivity index (χ0v) is 12.6.